The highest BCUT2D eigenvalue weighted by atomic mass is 16.3. The molecule has 1 atom stereocenters. The first-order chi connectivity index (χ1) is 6.33. The maximum Gasteiger partial charge on any atom is 0.186 e. The van der Waals surface area contributed by atoms with E-state index in [1.54, 1.807) is 6.08 Å². The van der Waals surface area contributed by atoms with Crippen molar-refractivity contribution in [3.63, 3.8) is 0 Å². The Bertz CT molecular complexity index is 392. The second kappa shape index (κ2) is 2.92. The number of hydrogen-bond donors (Lipinski definition) is 1. The molecule has 0 unspecified atom stereocenters. The molecule has 0 aliphatic carbocycles. The van der Waals surface area contributed by atoms with Gasteiger partial charge in [-0.1, -0.05) is 24.3 Å². The fourth-order valence-corrected chi connectivity index (χ4v) is 1.38. The molecule has 0 bridgehead atoms. The SMILES string of the molecule is N#CN1c2ccccc2C=C[C@@H]1O. The van der Waals surface area contributed by atoms with Crippen LogP contribution in [0, 0.1) is 11.5 Å². The number of rotatable bonds is 0. The molecule has 0 amide bonds. The van der Waals surface area contributed by atoms with E-state index in [9.17, 15) is 5.11 Å². The summed E-state index contributed by atoms with van der Waals surface area (Å²) in [5, 5.41) is 18.2. The van der Waals surface area contributed by atoms with Gasteiger partial charge in [-0.3, -0.25) is 0 Å². The lowest BCUT2D eigenvalue weighted by Crippen LogP contribution is -2.31. The summed E-state index contributed by atoms with van der Waals surface area (Å²) in [5.41, 5.74) is 1.70. The highest BCUT2D eigenvalue weighted by molar-refractivity contribution is 5.73. The van der Waals surface area contributed by atoms with Crippen molar-refractivity contribution in [1.29, 1.82) is 5.26 Å². The van der Waals surface area contributed by atoms with Gasteiger partial charge in [-0.2, -0.15) is 5.26 Å². The molecule has 1 aromatic rings. The van der Waals surface area contributed by atoms with E-state index < -0.39 is 6.23 Å². The fourth-order valence-electron chi connectivity index (χ4n) is 1.38. The minimum atomic E-state index is -0.833. The zero-order valence-corrected chi connectivity index (χ0v) is 6.88. The summed E-state index contributed by atoms with van der Waals surface area (Å²) in [4.78, 5) is 1.27. The molecule has 64 valence electrons. The zero-order chi connectivity index (χ0) is 9.26. The lowest BCUT2D eigenvalue weighted by molar-refractivity contribution is 0.229. The van der Waals surface area contributed by atoms with Crippen LogP contribution in [0.3, 0.4) is 0 Å². The first-order valence-electron chi connectivity index (χ1n) is 3.97. The number of benzene rings is 1. The molecule has 0 aromatic heterocycles. The van der Waals surface area contributed by atoms with Crippen molar-refractivity contribution in [2.75, 3.05) is 4.90 Å². The molecule has 3 heteroatoms. The van der Waals surface area contributed by atoms with Gasteiger partial charge >= 0.3 is 0 Å². The summed E-state index contributed by atoms with van der Waals surface area (Å²) < 4.78 is 0. The number of fused-ring (bicyclic) bond motifs is 1. The van der Waals surface area contributed by atoms with Gasteiger partial charge in [0, 0.05) is 0 Å². The fraction of sp³-hybridized carbons (Fsp3) is 0.100. The third-order valence-corrected chi connectivity index (χ3v) is 2.02. The number of nitrogens with zero attached hydrogens (tertiary/aromatic N) is 2. The predicted molar refractivity (Wildman–Crippen MR) is 49.6 cm³/mol. The van der Waals surface area contributed by atoms with Crippen LogP contribution < -0.4 is 4.90 Å². The average molecular weight is 172 g/mol. The van der Waals surface area contributed by atoms with Crippen LogP contribution in [-0.4, -0.2) is 11.3 Å². The molecular weight excluding hydrogens is 164 g/mol. The minimum absolute atomic E-state index is 0.750. The third-order valence-electron chi connectivity index (χ3n) is 2.02. The summed E-state index contributed by atoms with van der Waals surface area (Å²) in [6, 6.07) is 7.46. The second-order valence-corrected chi connectivity index (χ2v) is 2.80. The number of anilines is 1. The van der Waals surface area contributed by atoms with Crippen molar-refractivity contribution in [2.45, 2.75) is 6.23 Å². The van der Waals surface area contributed by atoms with Crippen molar-refractivity contribution in [3.05, 3.63) is 35.9 Å². The van der Waals surface area contributed by atoms with Gasteiger partial charge in [-0.15, -0.1) is 0 Å². The smallest absolute Gasteiger partial charge is 0.186 e. The summed E-state index contributed by atoms with van der Waals surface area (Å²) in [6.45, 7) is 0. The predicted octanol–water partition coefficient (Wildman–Crippen LogP) is 1.32. The van der Waals surface area contributed by atoms with Gasteiger partial charge in [0.15, 0.2) is 12.4 Å². The van der Waals surface area contributed by atoms with Crippen molar-refractivity contribution >= 4 is 11.8 Å². The summed E-state index contributed by atoms with van der Waals surface area (Å²) in [6.07, 6.45) is 4.51. The van der Waals surface area contributed by atoms with Crippen molar-refractivity contribution < 1.29 is 5.11 Å². The van der Waals surface area contributed by atoms with Crippen LogP contribution in [0.25, 0.3) is 6.08 Å². The van der Waals surface area contributed by atoms with Crippen LogP contribution in [-0.2, 0) is 0 Å². The number of hydrogen-bond acceptors (Lipinski definition) is 3. The molecule has 1 aromatic carbocycles. The van der Waals surface area contributed by atoms with E-state index in [4.69, 9.17) is 5.26 Å². The molecule has 1 aliphatic rings. The van der Waals surface area contributed by atoms with Crippen LogP contribution in [0.15, 0.2) is 30.3 Å². The monoisotopic (exact) mass is 172 g/mol. The van der Waals surface area contributed by atoms with Crippen LogP contribution in [0.4, 0.5) is 5.69 Å². The lowest BCUT2D eigenvalue weighted by Gasteiger charge is -2.24. The molecule has 0 radical (unpaired) electrons. The van der Waals surface area contributed by atoms with Crippen LogP contribution in [0.1, 0.15) is 5.56 Å². The van der Waals surface area contributed by atoms with Crippen LogP contribution >= 0.6 is 0 Å². The zero-order valence-electron chi connectivity index (χ0n) is 6.88. The Morgan fingerprint density at radius 3 is 2.92 bits per heavy atom. The lowest BCUT2D eigenvalue weighted by atomic mass is 10.1. The van der Waals surface area contributed by atoms with E-state index in [0.29, 0.717) is 0 Å². The molecule has 2 rings (SSSR count). The van der Waals surface area contributed by atoms with Gasteiger partial charge in [0.05, 0.1) is 5.69 Å². The number of aliphatic hydroxyl groups excluding tert-OH is 1. The average Bonchev–Trinajstić information content (AvgIpc) is 2.18. The van der Waals surface area contributed by atoms with Crippen LogP contribution in [0.2, 0.25) is 0 Å². The van der Waals surface area contributed by atoms with Crippen LogP contribution in [0.5, 0.6) is 0 Å². The molecule has 13 heavy (non-hydrogen) atoms. The van der Waals surface area contributed by atoms with Gasteiger partial charge in [0.2, 0.25) is 0 Å². The first kappa shape index (κ1) is 7.84. The van der Waals surface area contributed by atoms with E-state index in [1.165, 1.54) is 4.90 Å². The Morgan fingerprint density at radius 1 is 1.38 bits per heavy atom. The molecule has 1 N–H and O–H groups in total. The Morgan fingerprint density at radius 2 is 2.15 bits per heavy atom. The normalized spacial score (nSPS) is 19.4. The Labute approximate surface area is 76.1 Å². The molecular formula is C10H8N2O. The Balaban J connectivity index is 2.55. The molecule has 0 spiro atoms. The van der Waals surface area contributed by atoms with Gasteiger partial charge in [-0.25, -0.2) is 4.90 Å². The van der Waals surface area contributed by atoms with Crippen molar-refractivity contribution in [2.24, 2.45) is 0 Å². The maximum atomic E-state index is 9.43. The Kier molecular flexibility index (Phi) is 1.76. The summed E-state index contributed by atoms with van der Waals surface area (Å²) in [5.74, 6) is 0. The topological polar surface area (TPSA) is 47.3 Å². The molecule has 0 saturated carbocycles. The summed E-state index contributed by atoms with van der Waals surface area (Å²) in [7, 11) is 0. The van der Waals surface area contributed by atoms with E-state index in [-0.39, 0.29) is 0 Å². The second-order valence-electron chi connectivity index (χ2n) is 2.80. The Hall–Kier alpha value is -1.79. The molecule has 3 nitrogen and oxygen atoms in total. The van der Waals surface area contributed by atoms with Gasteiger partial charge in [0.25, 0.3) is 0 Å². The number of para-hydroxylation sites is 1. The number of aliphatic hydroxyl groups is 1. The minimum Gasteiger partial charge on any atom is -0.369 e. The van der Waals surface area contributed by atoms with Gasteiger partial charge in [0.1, 0.15) is 0 Å². The van der Waals surface area contributed by atoms with E-state index in [1.807, 2.05) is 36.5 Å². The first-order valence-corrected chi connectivity index (χ1v) is 3.97. The molecule has 0 fully saturated rings. The molecule has 1 aliphatic heterocycles. The van der Waals surface area contributed by atoms with Gasteiger partial charge < -0.3 is 5.11 Å². The highest BCUT2D eigenvalue weighted by Gasteiger charge is 2.18. The van der Waals surface area contributed by atoms with E-state index in [0.717, 1.165) is 11.3 Å². The van der Waals surface area contributed by atoms with E-state index in [2.05, 4.69) is 0 Å². The van der Waals surface area contributed by atoms with Gasteiger partial charge in [-0.05, 0) is 17.7 Å². The highest BCUT2D eigenvalue weighted by Crippen LogP contribution is 2.26. The maximum absolute atomic E-state index is 9.43. The quantitative estimate of drug-likeness (QED) is 0.600. The molecule has 0 saturated heterocycles. The molecule has 1 heterocycles. The summed E-state index contributed by atoms with van der Waals surface area (Å²) >= 11 is 0. The van der Waals surface area contributed by atoms with Crippen molar-refractivity contribution in [3.8, 4) is 6.19 Å². The van der Waals surface area contributed by atoms with E-state index >= 15 is 0 Å². The number of nitriles is 1. The standard InChI is InChI=1S/C10H8N2O/c11-7-12-9-4-2-1-3-8(9)5-6-10(12)13/h1-6,10,13H/t10-/m0/s1. The third kappa shape index (κ3) is 1.17. The van der Waals surface area contributed by atoms with Crippen molar-refractivity contribution in [1.82, 2.24) is 0 Å². The largest absolute Gasteiger partial charge is 0.369 e.